The monoisotopic (exact) mass is 1790 g/mol. The Balaban J connectivity index is -0.000000648. The number of carbonyl (C=O) groups excluding carboxylic acids is 12. The third kappa shape index (κ3) is 83.3. The summed E-state index contributed by atoms with van der Waals surface area (Å²) in [5.41, 5.74) is 10.0. The molecule has 0 bridgehead atoms. The van der Waals surface area contributed by atoms with Gasteiger partial charge in [0.1, 0.15) is 23.4 Å². The second-order valence-electron chi connectivity index (χ2n) is 22.6. The number of carbonyl (C=O) groups is 13. The van der Waals surface area contributed by atoms with Crippen molar-refractivity contribution in [2.45, 2.75) is 184 Å². The zero-order chi connectivity index (χ0) is 85.2. The quantitative estimate of drug-likeness (QED) is 0.0135. The van der Waals surface area contributed by atoms with Gasteiger partial charge in [-0.05, 0) is 160 Å². The number of pyridine rings is 1. The molecule has 2 aromatic rings. The van der Waals surface area contributed by atoms with Crippen molar-refractivity contribution in [1.29, 1.82) is 0 Å². The van der Waals surface area contributed by atoms with E-state index in [4.69, 9.17) is 5.11 Å². The number of hydrogen-bond donors (Lipinski definition) is 5. The minimum Gasteiger partial charge on any atom is -0.480 e. The number of ketones is 10. The van der Waals surface area contributed by atoms with E-state index in [1.54, 1.807) is 154 Å². The van der Waals surface area contributed by atoms with Gasteiger partial charge in [-0.3, -0.25) is 88.4 Å². The predicted molar refractivity (Wildman–Crippen MR) is 500 cm³/mol. The van der Waals surface area contributed by atoms with Crippen molar-refractivity contribution in [3.8, 4) is 0 Å². The van der Waals surface area contributed by atoms with E-state index in [1.807, 2.05) is 69.0 Å². The van der Waals surface area contributed by atoms with Crippen LogP contribution in [0.15, 0.2) is 77.9 Å². The minimum atomic E-state index is -1.21. The Labute approximate surface area is 717 Å². The van der Waals surface area contributed by atoms with Crippen LogP contribution in [0.5, 0.6) is 0 Å². The Morgan fingerprint density at radius 2 is 0.858 bits per heavy atom. The average molecular weight is 1800 g/mol. The normalized spacial score (nSPS) is 11.2. The number of carboxylic acids is 1. The lowest BCUT2D eigenvalue weighted by Crippen LogP contribution is -2.41. The number of anilines is 2. The van der Waals surface area contributed by atoms with Crippen molar-refractivity contribution >= 4 is 260 Å². The summed E-state index contributed by atoms with van der Waals surface area (Å²) in [6, 6.07) is 9.79. The molecule has 0 fully saturated rings. The number of aromatic nitrogens is 1. The molecule has 1 aromatic heterocycles. The number of benzene rings is 1. The van der Waals surface area contributed by atoms with Gasteiger partial charge in [0.25, 0.3) is 0 Å². The van der Waals surface area contributed by atoms with E-state index in [1.165, 1.54) is 47.9 Å². The Hall–Kier alpha value is -5.03. The molecular weight excluding hydrogens is 1680 g/mol. The molecule has 2 amide bonds. The zero-order valence-corrected chi connectivity index (χ0v) is 77.1. The van der Waals surface area contributed by atoms with Crippen LogP contribution in [-0.4, -0.2) is 232 Å². The summed E-state index contributed by atoms with van der Waals surface area (Å²) >= 11 is 0. The van der Waals surface area contributed by atoms with Crippen LogP contribution in [0.1, 0.15) is 199 Å². The van der Waals surface area contributed by atoms with Crippen molar-refractivity contribution in [1.82, 2.24) is 15.7 Å². The number of aliphatic carboxylic acids is 1. The molecule has 1 unspecified atom stereocenters. The molecule has 634 valence electrons. The molecule has 5 N–H and O–H groups in total. The van der Waals surface area contributed by atoms with E-state index in [9.17, 15) is 62.3 Å². The third-order valence-corrected chi connectivity index (χ3v) is 25.7. The molecule has 2 rings (SSSR count). The van der Waals surface area contributed by atoms with Crippen LogP contribution in [-0.2, 0) is 52.7 Å². The fraction of sp³-hybridized carbons (Fsp3) is 0.587. The molecule has 1 heterocycles. The van der Waals surface area contributed by atoms with Crippen LogP contribution in [0.25, 0.3) is 0 Å². The maximum atomic E-state index is 12.1. The first kappa shape index (κ1) is 114. The highest BCUT2D eigenvalue weighted by Gasteiger charge is 2.21. The van der Waals surface area contributed by atoms with Gasteiger partial charge in [-0.2, -0.15) is 15.3 Å². The molecule has 0 saturated heterocycles. The van der Waals surface area contributed by atoms with Gasteiger partial charge in [0.15, 0.2) is 46.3 Å². The topological polar surface area (TPSA) is 390 Å². The Kier molecular flexibility index (Phi) is 87.3. The number of hydrazone groups is 3. The number of amides is 2. The largest absolute Gasteiger partial charge is 0.480 e. The number of rotatable bonds is 62. The minimum absolute atomic E-state index is 0.000907. The first-order valence-electron chi connectivity index (χ1n) is 36.5. The van der Waals surface area contributed by atoms with Gasteiger partial charge >= 0.3 is 5.97 Å². The van der Waals surface area contributed by atoms with E-state index in [-0.39, 0.29) is 96.8 Å². The molecular formula is C75H118N12O14S12. The Morgan fingerprint density at radius 1 is 0.434 bits per heavy atom. The summed E-state index contributed by atoms with van der Waals surface area (Å²) in [5, 5.41) is 22.8. The number of Topliss-reactive ketones (excluding diaryl/α,β-unsaturated/α-hetero) is 10. The summed E-state index contributed by atoms with van der Waals surface area (Å²) in [4.78, 5) is 166. The fourth-order valence-corrected chi connectivity index (χ4v) is 17.3. The Bertz CT molecular complexity index is 3190. The van der Waals surface area contributed by atoms with Crippen molar-refractivity contribution in [3.05, 3.63) is 53.7 Å². The lowest BCUT2D eigenvalue weighted by molar-refractivity contribution is -0.141. The summed E-state index contributed by atoms with van der Waals surface area (Å²) in [6.45, 7) is 16.5. The highest BCUT2D eigenvalue weighted by Crippen LogP contribution is 2.26. The molecule has 0 saturated carbocycles. The van der Waals surface area contributed by atoms with E-state index >= 15 is 0 Å². The molecule has 0 aliphatic carbocycles. The SMILES string of the molecule is C/C=N/Nc1ccc(C(=O)CCCSSC)cc1.CC=NCC(=O)CCC(NC(=O)CSSCCC(=O)/C=N/NC(C)=O)C(=O)O.CC=NCC(=O)CCSSCCCC(=O)CCC.CC=NCC(=O)CCSSCCCC(=O)c1ccc(N/N=C/C)nc1.CCCC(=O)CCCSSC.CSSCCC(=O)C=NCC(C)=O. The number of hydrogen-bond acceptors (Lipinski definition) is 35. The first-order chi connectivity index (χ1) is 54.4. The van der Waals surface area contributed by atoms with Gasteiger partial charge in [-0.15, -0.1) is 0 Å². The van der Waals surface area contributed by atoms with E-state index in [0.717, 1.165) is 109 Å². The van der Waals surface area contributed by atoms with E-state index < -0.39 is 17.9 Å². The van der Waals surface area contributed by atoms with Gasteiger partial charge in [-0.25, -0.2) is 15.2 Å². The van der Waals surface area contributed by atoms with Crippen molar-refractivity contribution in [2.75, 3.05) is 108 Å². The lowest BCUT2D eigenvalue weighted by Gasteiger charge is -2.13. The molecule has 26 nitrogen and oxygen atoms in total. The second-order valence-corrected chi connectivity index (χ2v) is 38.7. The van der Waals surface area contributed by atoms with Crippen LogP contribution in [0.2, 0.25) is 0 Å². The van der Waals surface area contributed by atoms with Gasteiger partial charge in [-0.1, -0.05) is 143 Å². The maximum Gasteiger partial charge on any atom is 0.326 e. The number of carboxylic acid groups (broad SMARTS) is 1. The molecule has 113 heavy (non-hydrogen) atoms. The number of nitrogens with one attached hydrogen (secondary N) is 4. The number of aliphatic imine (C=N–C) groups is 4. The average Bonchev–Trinajstić information content (AvgIpc) is 0.891. The molecule has 1 atom stereocenters. The van der Waals surface area contributed by atoms with Crippen molar-refractivity contribution in [2.24, 2.45) is 35.3 Å². The van der Waals surface area contributed by atoms with Crippen LogP contribution in [0.4, 0.5) is 11.5 Å². The molecule has 0 aliphatic rings. The maximum absolute atomic E-state index is 12.1. The highest BCUT2D eigenvalue weighted by atomic mass is 33.1. The van der Waals surface area contributed by atoms with Gasteiger partial charge < -0.3 is 10.4 Å². The van der Waals surface area contributed by atoms with Gasteiger partial charge in [0.2, 0.25) is 11.8 Å². The molecule has 0 radical (unpaired) electrons. The fourth-order valence-electron chi connectivity index (χ4n) is 7.41. The highest BCUT2D eigenvalue weighted by molar-refractivity contribution is 8.78. The third-order valence-electron chi connectivity index (χ3n) is 12.9. The van der Waals surface area contributed by atoms with Gasteiger partial charge in [0, 0.05) is 153 Å². The van der Waals surface area contributed by atoms with Crippen molar-refractivity contribution in [3.63, 3.8) is 0 Å². The smallest absolute Gasteiger partial charge is 0.326 e. The lowest BCUT2D eigenvalue weighted by atomic mass is 10.1. The molecule has 38 heteroatoms. The zero-order valence-electron chi connectivity index (χ0n) is 67.3. The van der Waals surface area contributed by atoms with Crippen LogP contribution < -0.4 is 21.6 Å². The molecule has 0 aliphatic heterocycles. The Morgan fingerprint density at radius 3 is 1.31 bits per heavy atom. The summed E-state index contributed by atoms with van der Waals surface area (Å²) in [7, 11) is 19.7. The van der Waals surface area contributed by atoms with Crippen molar-refractivity contribution < 1.29 is 67.4 Å². The predicted octanol–water partition coefficient (Wildman–Crippen LogP) is 16.8. The van der Waals surface area contributed by atoms with Gasteiger partial charge in [0.05, 0.1) is 50.0 Å². The second kappa shape index (κ2) is 86.3. The summed E-state index contributed by atoms with van der Waals surface area (Å²) in [6.07, 6.45) is 29.6. The summed E-state index contributed by atoms with van der Waals surface area (Å²) < 4.78 is 0. The molecule has 1 aromatic carbocycles. The summed E-state index contributed by atoms with van der Waals surface area (Å²) in [5.74, 6) is 6.38. The first-order valence-corrected chi connectivity index (χ1v) is 52.1. The van der Waals surface area contributed by atoms with E-state index in [2.05, 4.69) is 81.3 Å². The van der Waals surface area contributed by atoms with Crippen LogP contribution >= 0.6 is 130 Å². The van der Waals surface area contributed by atoms with E-state index in [0.29, 0.717) is 80.2 Å². The molecule has 0 spiro atoms. The standard InChI is InChI=1S/C17H24N4O2S2.C16H24N4O6S2.C13H18N2OS2.C13H23NO2S2.C8H13NO2S2.C8H16OS2/c1-3-18-13-15(22)9-11-25-24-10-5-6-16(23)14-7-8-17(19-12-14)21-20-4-2;1-3-17-8-12(22)4-5-14(16(25)26)19-15(24)10-28-27-7-6-13(23)9-18-20-11(2)21;1-3-14-15-12-8-6-11(7-9-12)13(16)5-4-10-18-17-2;1-3-6-12(15)7-5-9-17-18-10-8-13(16)11-14-4-2;1-7(10)5-9-6-8(11)3-4-13-12-2;1-3-5-8(9)6-4-7-11-10-2/h3-4,7-8,12H,5-6,9-11,13H2,1-2H3,(H,19,21);3,9,14H,4-8,10H2,1-2H3,(H,19,24)(H,20,21)(H,25,26);3,6-9,15H,4-5,10H2,1-2H3;4H,3,5-11H2,1-2H3;6H,3-5H2,1-2H3;3-7H2,1-2H3/b18-3?,20-4+;17-3?,18-9+;14-3+;;;. The van der Waals surface area contributed by atoms with Crippen LogP contribution in [0, 0.1) is 0 Å². The van der Waals surface area contributed by atoms with Crippen LogP contribution in [0.3, 0.4) is 0 Å². The number of nitrogens with zero attached hydrogens (tertiary/aromatic N) is 8.